The van der Waals surface area contributed by atoms with Crippen molar-refractivity contribution in [2.45, 2.75) is 23.6 Å². The van der Waals surface area contributed by atoms with E-state index < -0.39 is 9.84 Å². The molecule has 9 heteroatoms. The summed E-state index contributed by atoms with van der Waals surface area (Å²) in [6, 6.07) is 8.21. The molecule has 28 heavy (non-hydrogen) atoms. The van der Waals surface area contributed by atoms with Crippen LogP contribution in [0.2, 0.25) is 5.02 Å². The third-order valence-electron chi connectivity index (χ3n) is 4.55. The van der Waals surface area contributed by atoms with Gasteiger partial charge >= 0.3 is 0 Å². The summed E-state index contributed by atoms with van der Waals surface area (Å²) < 4.78 is 38.8. The van der Waals surface area contributed by atoms with Gasteiger partial charge in [-0.15, -0.1) is 0 Å². The van der Waals surface area contributed by atoms with Gasteiger partial charge in [-0.2, -0.15) is 5.10 Å². The molecule has 0 unspecified atom stereocenters. The Morgan fingerprint density at radius 3 is 2.93 bits per heavy atom. The Kier molecular flexibility index (Phi) is 4.76. The standard InChI is InChI=1S/C19H18ClN3O4S/c1-12-10-27-19-15(16-5-6-22-23(12)16)7-13(9-21-19)11-28(24,25)18-8-14(20)3-4-17(18)26-2/h3-9,12H,10-11H2,1-2H3/t12-/m0/s1. The van der Waals surface area contributed by atoms with Gasteiger partial charge in [0.05, 0.1) is 30.2 Å². The van der Waals surface area contributed by atoms with Crippen LogP contribution in [-0.4, -0.2) is 36.9 Å². The van der Waals surface area contributed by atoms with Crippen LogP contribution in [0.15, 0.2) is 47.6 Å². The van der Waals surface area contributed by atoms with E-state index in [1.54, 1.807) is 18.3 Å². The minimum absolute atomic E-state index is 0.0436. The largest absolute Gasteiger partial charge is 0.495 e. The summed E-state index contributed by atoms with van der Waals surface area (Å²) in [5.74, 6) is 0.475. The second kappa shape index (κ2) is 7.10. The number of fused-ring (bicyclic) bond motifs is 3. The van der Waals surface area contributed by atoms with E-state index in [4.69, 9.17) is 21.1 Å². The molecule has 0 spiro atoms. The molecule has 1 aliphatic rings. The molecule has 0 aliphatic carbocycles. The summed E-state index contributed by atoms with van der Waals surface area (Å²) in [5.41, 5.74) is 2.09. The number of benzene rings is 1. The maximum absolute atomic E-state index is 13.0. The zero-order chi connectivity index (χ0) is 19.9. The number of ether oxygens (including phenoxy) is 2. The lowest BCUT2D eigenvalue weighted by Gasteiger charge is -2.11. The van der Waals surface area contributed by atoms with Crippen molar-refractivity contribution in [3.63, 3.8) is 0 Å². The van der Waals surface area contributed by atoms with Crippen molar-refractivity contribution >= 4 is 21.4 Å². The highest BCUT2D eigenvalue weighted by atomic mass is 35.5. The van der Waals surface area contributed by atoms with Crippen molar-refractivity contribution in [3.05, 3.63) is 53.3 Å². The molecular formula is C19H18ClN3O4S. The molecule has 146 valence electrons. The molecule has 0 bridgehead atoms. The van der Waals surface area contributed by atoms with E-state index in [9.17, 15) is 8.42 Å². The molecule has 0 saturated heterocycles. The number of halogens is 1. The van der Waals surface area contributed by atoms with Gasteiger partial charge in [0.15, 0.2) is 9.84 Å². The van der Waals surface area contributed by atoms with Crippen LogP contribution >= 0.6 is 11.6 Å². The Morgan fingerprint density at radius 1 is 1.32 bits per heavy atom. The lowest BCUT2D eigenvalue weighted by atomic mass is 10.1. The fraction of sp³-hybridized carbons (Fsp3) is 0.263. The molecule has 0 N–H and O–H groups in total. The van der Waals surface area contributed by atoms with E-state index in [-0.39, 0.29) is 22.4 Å². The van der Waals surface area contributed by atoms with Crippen LogP contribution in [0, 0.1) is 0 Å². The number of pyridine rings is 1. The normalized spacial score (nSPS) is 15.9. The lowest BCUT2D eigenvalue weighted by Crippen LogP contribution is -2.13. The molecule has 1 aromatic carbocycles. The average Bonchev–Trinajstić information content (AvgIpc) is 3.11. The molecule has 0 amide bonds. The average molecular weight is 420 g/mol. The van der Waals surface area contributed by atoms with Crippen LogP contribution < -0.4 is 9.47 Å². The fourth-order valence-electron chi connectivity index (χ4n) is 3.21. The summed E-state index contributed by atoms with van der Waals surface area (Å²) in [6.07, 6.45) is 3.23. The summed E-state index contributed by atoms with van der Waals surface area (Å²) in [6.45, 7) is 2.44. The van der Waals surface area contributed by atoms with Gasteiger partial charge in [-0.1, -0.05) is 11.6 Å². The quantitative estimate of drug-likeness (QED) is 0.643. The van der Waals surface area contributed by atoms with E-state index >= 15 is 0 Å². The molecule has 3 heterocycles. The molecular weight excluding hydrogens is 402 g/mol. The Hall–Kier alpha value is -2.58. The number of aromatic nitrogens is 3. The van der Waals surface area contributed by atoms with Gasteiger partial charge in [-0.3, -0.25) is 4.68 Å². The van der Waals surface area contributed by atoms with Crippen LogP contribution in [-0.2, 0) is 15.6 Å². The van der Waals surface area contributed by atoms with Crippen LogP contribution in [0.1, 0.15) is 18.5 Å². The third kappa shape index (κ3) is 3.33. The fourth-order valence-corrected chi connectivity index (χ4v) is 4.97. The van der Waals surface area contributed by atoms with E-state index in [0.717, 1.165) is 5.69 Å². The zero-order valence-electron chi connectivity index (χ0n) is 15.3. The molecule has 7 nitrogen and oxygen atoms in total. The number of hydrogen-bond donors (Lipinski definition) is 0. The number of hydrogen-bond acceptors (Lipinski definition) is 6. The second-order valence-corrected chi connectivity index (χ2v) is 8.97. The van der Waals surface area contributed by atoms with Crippen molar-refractivity contribution in [3.8, 4) is 22.9 Å². The molecule has 1 atom stereocenters. The van der Waals surface area contributed by atoms with Crippen LogP contribution in [0.5, 0.6) is 11.6 Å². The molecule has 1 aliphatic heterocycles. The van der Waals surface area contributed by atoms with Crippen molar-refractivity contribution in [1.82, 2.24) is 14.8 Å². The highest BCUT2D eigenvalue weighted by Crippen LogP contribution is 2.35. The van der Waals surface area contributed by atoms with Crippen molar-refractivity contribution in [1.29, 1.82) is 0 Å². The van der Waals surface area contributed by atoms with Crippen LogP contribution in [0.3, 0.4) is 0 Å². The van der Waals surface area contributed by atoms with Crippen LogP contribution in [0.4, 0.5) is 0 Å². The van der Waals surface area contributed by atoms with E-state index in [0.29, 0.717) is 28.6 Å². The Morgan fingerprint density at radius 2 is 2.14 bits per heavy atom. The van der Waals surface area contributed by atoms with E-state index in [2.05, 4.69) is 10.1 Å². The number of rotatable bonds is 4. The van der Waals surface area contributed by atoms with Gasteiger partial charge < -0.3 is 9.47 Å². The Labute approximate surface area is 167 Å². The van der Waals surface area contributed by atoms with Gasteiger partial charge in [0.1, 0.15) is 17.3 Å². The van der Waals surface area contributed by atoms with E-state index in [1.807, 2.05) is 17.7 Å². The number of sulfone groups is 1. The van der Waals surface area contributed by atoms with Crippen molar-refractivity contribution in [2.75, 3.05) is 13.7 Å². The SMILES string of the molecule is COc1ccc(Cl)cc1S(=O)(=O)Cc1cnc2c(c1)-c1ccnn1[C@@H](C)CO2. The smallest absolute Gasteiger partial charge is 0.222 e. The zero-order valence-corrected chi connectivity index (χ0v) is 16.9. The maximum Gasteiger partial charge on any atom is 0.222 e. The Balaban J connectivity index is 1.74. The number of methoxy groups -OCH3 is 1. The summed E-state index contributed by atoms with van der Waals surface area (Å²) in [7, 11) is -2.28. The van der Waals surface area contributed by atoms with Gasteiger partial charge in [0.25, 0.3) is 0 Å². The van der Waals surface area contributed by atoms with Gasteiger partial charge in [0, 0.05) is 17.4 Å². The van der Waals surface area contributed by atoms with Crippen molar-refractivity contribution in [2.24, 2.45) is 0 Å². The highest BCUT2D eigenvalue weighted by Gasteiger charge is 2.25. The first-order chi connectivity index (χ1) is 13.4. The van der Waals surface area contributed by atoms with Gasteiger partial charge in [-0.25, -0.2) is 13.4 Å². The molecule has 3 aromatic rings. The predicted molar refractivity (Wildman–Crippen MR) is 105 cm³/mol. The monoisotopic (exact) mass is 419 g/mol. The molecule has 0 radical (unpaired) electrons. The first-order valence-electron chi connectivity index (χ1n) is 8.61. The first kappa shape index (κ1) is 18.8. The minimum atomic E-state index is -3.70. The topological polar surface area (TPSA) is 83.3 Å². The van der Waals surface area contributed by atoms with E-state index in [1.165, 1.54) is 25.4 Å². The summed E-state index contributed by atoms with van der Waals surface area (Å²) in [5, 5.41) is 4.67. The summed E-state index contributed by atoms with van der Waals surface area (Å²) in [4.78, 5) is 4.39. The van der Waals surface area contributed by atoms with Gasteiger partial charge in [0.2, 0.25) is 5.88 Å². The molecule has 4 rings (SSSR count). The highest BCUT2D eigenvalue weighted by molar-refractivity contribution is 7.90. The maximum atomic E-state index is 13.0. The van der Waals surface area contributed by atoms with Gasteiger partial charge in [-0.05, 0) is 42.8 Å². The van der Waals surface area contributed by atoms with Crippen molar-refractivity contribution < 1.29 is 17.9 Å². The third-order valence-corrected chi connectivity index (χ3v) is 6.49. The predicted octanol–water partition coefficient (Wildman–Crippen LogP) is 3.53. The second-order valence-electron chi connectivity index (χ2n) is 6.57. The molecule has 0 saturated carbocycles. The Bertz CT molecular complexity index is 1140. The molecule has 2 aromatic heterocycles. The number of nitrogens with zero attached hydrogens (tertiary/aromatic N) is 3. The minimum Gasteiger partial charge on any atom is -0.495 e. The lowest BCUT2D eigenvalue weighted by molar-refractivity contribution is 0.252. The van der Waals surface area contributed by atoms with Crippen LogP contribution in [0.25, 0.3) is 11.3 Å². The summed E-state index contributed by atoms with van der Waals surface area (Å²) >= 11 is 5.99. The molecule has 0 fully saturated rings. The first-order valence-corrected chi connectivity index (χ1v) is 10.6.